The van der Waals surface area contributed by atoms with E-state index in [9.17, 15) is 4.79 Å². The van der Waals surface area contributed by atoms with Crippen LogP contribution in [0, 0.1) is 6.92 Å². The van der Waals surface area contributed by atoms with Crippen molar-refractivity contribution in [1.29, 1.82) is 0 Å². The highest BCUT2D eigenvalue weighted by Crippen LogP contribution is 2.39. The molecule has 1 saturated heterocycles. The zero-order chi connectivity index (χ0) is 30.9. The number of aliphatic hydroxyl groups excluding tert-OH is 1. The van der Waals surface area contributed by atoms with E-state index in [1.165, 1.54) is 0 Å². The summed E-state index contributed by atoms with van der Waals surface area (Å²) >= 11 is 7.02. The van der Waals surface area contributed by atoms with Gasteiger partial charge in [-0.2, -0.15) is 0 Å². The molecule has 0 unspecified atom stereocenters. The van der Waals surface area contributed by atoms with Crippen LogP contribution in [0.2, 0.25) is 5.02 Å². The highest BCUT2D eigenvalue weighted by Gasteiger charge is 2.18. The topological polar surface area (TPSA) is 118 Å². The predicted octanol–water partition coefficient (Wildman–Crippen LogP) is 5.38. The number of aromatic nitrogens is 2. The van der Waals surface area contributed by atoms with Crippen molar-refractivity contribution >= 4 is 23.2 Å². The maximum Gasteiger partial charge on any atom is 0.274 e. The van der Waals surface area contributed by atoms with Gasteiger partial charge in [0.15, 0.2) is 0 Å². The molecule has 1 aliphatic heterocycles. The Balaban J connectivity index is 1.34. The Hall–Kier alpha value is -3.86. The summed E-state index contributed by atoms with van der Waals surface area (Å²) < 4.78 is 11.2. The molecule has 1 fully saturated rings. The minimum absolute atomic E-state index is 0.0649. The Bertz CT molecular complexity index is 1570. The van der Waals surface area contributed by atoms with E-state index in [2.05, 4.69) is 32.0 Å². The fourth-order valence-electron chi connectivity index (χ4n) is 5.27. The summed E-state index contributed by atoms with van der Waals surface area (Å²) in [6.07, 6.45) is 5.41. The lowest BCUT2D eigenvalue weighted by molar-refractivity contribution is 0.0775. The molecular formula is C34H38ClN5O4. The second-order valence-corrected chi connectivity index (χ2v) is 11.1. The smallest absolute Gasteiger partial charge is 0.274 e. The number of nitrogens with zero attached hydrogens (tertiary/aromatic N) is 2. The van der Waals surface area contributed by atoms with Gasteiger partial charge >= 0.3 is 0 Å². The summed E-state index contributed by atoms with van der Waals surface area (Å²) in [4.78, 5) is 22.0. The van der Waals surface area contributed by atoms with Crippen molar-refractivity contribution < 1.29 is 19.4 Å². The molecule has 0 radical (unpaired) electrons. The molecule has 4 N–H and O–H groups in total. The average molecular weight is 616 g/mol. The van der Waals surface area contributed by atoms with Crippen LogP contribution in [0.4, 0.5) is 5.69 Å². The van der Waals surface area contributed by atoms with Gasteiger partial charge in [0.1, 0.15) is 11.4 Å². The Morgan fingerprint density at radius 1 is 1.07 bits per heavy atom. The molecule has 4 aromatic rings. The molecule has 3 heterocycles. The number of pyridine rings is 2. The quantitative estimate of drug-likeness (QED) is 0.157. The highest BCUT2D eigenvalue weighted by atomic mass is 35.5. The molecule has 0 saturated carbocycles. The highest BCUT2D eigenvalue weighted by molar-refractivity contribution is 6.35. The van der Waals surface area contributed by atoms with Crippen LogP contribution >= 0.6 is 11.6 Å². The predicted molar refractivity (Wildman–Crippen MR) is 173 cm³/mol. The summed E-state index contributed by atoms with van der Waals surface area (Å²) in [5.41, 5.74) is 7.05. The largest absolute Gasteiger partial charge is 0.496 e. The van der Waals surface area contributed by atoms with Crippen molar-refractivity contribution in [2.24, 2.45) is 0 Å². The van der Waals surface area contributed by atoms with Crippen LogP contribution in [0.25, 0.3) is 22.4 Å². The Morgan fingerprint density at radius 3 is 2.66 bits per heavy atom. The van der Waals surface area contributed by atoms with Crippen LogP contribution in [0.3, 0.4) is 0 Å². The molecule has 230 valence electrons. The lowest BCUT2D eigenvalue weighted by atomic mass is 9.97. The SMILES string of the molecule is COc1cc(-c2nccc(-c3cccc(NC(=O)c4ccc(CNCCO)cn4)c3C)c2Cl)ccc1CNC1CCOCC1. The van der Waals surface area contributed by atoms with Crippen LogP contribution in [-0.4, -0.2) is 60.5 Å². The van der Waals surface area contributed by atoms with Gasteiger partial charge in [0.2, 0.25) is 0 Å². The Labute approximate surface area is 263 Å². The maximum absolute atomic E-state index is 13.0. The second kappa shape index (κ2) is 15.2. The van der Waals surface area contributed by atoms with Crippen molar-refractivity contribution in [2.75, 3.05) is 38.8 Å². The minimum Gasteiger partial charge on any atom is -0.496 e. The number of hydrogen-bond acceptors (Lipinski definition) is 8. The molecule has 0 atom stereocenters. The van der Waals surface area contributed by atoms with E-state index in [1.54, 1.807) is 25.6 Å². The number of halogens is 1. The molecule has 0 bridgehead atoms. The number of aliphatic hydroxyl groups is 1. The molecule has 2 aromatic heterocycles. The minimum atomic E-state index is -0.305. The molecule has 44 heavy (non-hydrogen) atoms. The normalized spacial score (nSPS) is 13.5. The van der Waals surface area contributed by atoms with Gasteiger partial charge in [-0.3, -0.25) is 14.8 Å². The first-order valence-corrected chi connectivity index (χ1v) is 15.2. The van der Waals surface area contributed by atoms with Crippen LogP contribution in [-0.2, 0) is 17.8 Å². The van der Waals surface area contributed by atoms with Crippen LogP contribution in [0.1, 0.15) is 40.0 Å². The summed E-state index contributed by atoms with van der Waals surface area (Å²) in [6, 6.07) is 17.6. The molecule has 0 spiro atoms. The van der Waals surface area contributed by atoms with Gasteiger partial charge in [-0.15, -0.1) is 0 Å². The van der Waals surface area contributed by atoms with Gasteiger partial charge < -0.3 is 30.5 Å². The van der Waals surface area contributed by atoms with Crippen molar-refractivity contribution in [3.8, 4) is 28.1 Å². The fraction of sp³-hybridized carbons (Fsp3) is 0.324. The van der Waals surface area contributed by atoms with Crippen molar-refractivity contribution in [3.05, 3.63) is 94.4 Å². The van der Waals surface area contributed by atoms with Crippen molar-refractivity contribution in [1.82, 2.24) is 20.6 Å². The van der Waals surface area contributed by atoms with E-state index in [0.29, 0.717) is 47.8 Å². The average Bonchev–Trinajstić information content (AvgIpc) is 3.06. The summed E-state index contributed by atoms with van der Waals surface area (Å²) in [7, 11) is 1.67. The van der Waals surface area contributed by atoms with E-state index >= 15 is 0 Å². The molecule has 5 rings (SSSR count). The van der Waals surface area contributed by atoms with Crippen LogP contribution in [0.15, 0.2) is 67.0 Å². The Kier molecular flexibility index (Phi) is 10.9. The number of nitrogens with one attached hydrogen (secondary N) is 3. The van der Waals surface area contributed by atoms with Gasteiger partial charge in [-0.25, -0.2) is 0 Å². The number of hydrogen-bond donors (Lipinski definition) is 4. The monoisotopic (exact) mass is 615 g/mol. The Morgan fingerprint density at radius 2 is 1.91 bits per heavy atom. The fourth-order valence-corrected chi connectivity index (χ4v) is 5.59. The lowest BCUT2D eigenvalue weighted by Crippen LogP contribution is -2.34. The molecule has 1 aliphatic rings. The number of anilines is 1. The molecule has 0 aliphatic carbocycles. The van der Waals surface area contributed by atoms with Gasteiger partial charge in [0.05, 0.1) is 24.4 Å². The van der Waals surface area contributed by atoms with Gasteiger partial charge in [0.25, 0.3) is 5.91 Å². The van der Waals surface area contributed by atoms with E-state index in [0.717, 1.165) is 65.2 Å². The van der Waals surface area contributed by atoms with Crippen molar-refractivity contribution in [3.63, 3.8) is 0 Å². The number of carbonyl (C=O) groups is 1. The second-order valence-electron chi connectivity index (χ2n) is 10.7. The van der Waals surface area contributed by atoms with Crippen molar-refractivity contribution in [2.45, 2.75) is 38.9 Å². The zero-order valence-corrected chi connectivity index (χ0v) is 25.8. The summed E-state index contributed by atoms with van der Waals surface area (Å²) in [5.74, 6) is 0.467. The van der Waals surface area contributed by atoms with Gasteiger partial charge in [-0.1, -0.05) is 41.9 Å². The number of benzene rings is 2. The van der Waals surface area contributed by atoms with E-state index < -0.39 is 0 Å². The summed E-state index contributed by atoms with van der Waals surface area (Å²) in [6.45, 7) is 5.36. The number of ether oxygens (including phenoxy) is 2. The molecule has 10 heteroatoms. The summed E-state index contributed by atoms with van der Waals surface area (Å²) in [5, 5.41) is 19.1. The first-order valence-electron chi connectivity index (χ1n) is 14.8. The van der Waals surface area contributed by atoms with Crippen LogP contribution in [0.5, 0.6) is 5.75 Å². The molecular weight excluding hydrogens is 578 g/mol. The third-order valence-electron chi connectivity index (χ3n) is 7.80. The molecule has 1 amide bonds. The first kappa shape index (κ1) is 31.6. The lowest BCUT2D eigenvalue weighted by Gasteiger charge is -2.23. The zero-order valence-electron chi connectivity index (χ0n) is 25.0. The third kappa shape index (κ3) is 7.61. The number of methoxy groups -OCH3 is 1. The molecule has 9 nitrogen and oxygen atoms in total. The third-order valence-corrected chi connectivity index (χ3v) is 8.18. The maximum atomic E-state index is 13.0. The van der Waals surface area contributed by atoms with Gasteiger partial charge in [-0.05, 0) is 60.7 Å². The van der Waals surface area contributed by atoms with E-state index in [-0.39, 0.29) is 12.5 Å². The van der Waals surface area contributed by atoms with E-state index in [1.807, 2.05) is 49.4 Å². The number of carbonyl (C=O) groups excluding carboxylic acids is 1. The van der Waals surface area contributed by atoms with Gasteiger partial charge in [0, 0.05) is 73.7 Å². The molecule has 2 aromatic carbocycles. The van der Waals surface area contributed by atoms with E-state index in [4.69, 9.17) is 26.2 Å². The standard InChI is InChI=1S/C34H38ClN5O4/c1-22-27(4-3-5-29(22)40-34(42)30-9-6-23(20-39-30)19-36-14-15-41)28-10-13-37-33(32(28)35)24-7-8-25(31(18-24)43-2)21-38-26-11-16-44-17-12-26/h3-10,13,18,20,26,36,38,41H,11-12,14-17,19,21H2,1-2H3,(H,40,42). The number of amides is 1. The number of rotatable bonds is 12. The van der Waals surface area contributed by atoms with Crippen LogP contribution < -0.4 is 20.7 Å². The first-order chi connectivity index (χ1) is 21.5.